The van der Waals surface area contributed by atoms with Crippen LogP contribution in [0.4, 0.5) is 0 Å². The zero-order valence-corrected chi connectivity index (χ0v) is 13.7. The maximum atomic E-state index is 11.4. The van der Waals surface area contributed by atoms with Crippen molar-refractivity contribution in [3.63, 3.8) is 0 Å². The molecule has 0 heterocycles. The lowest BCUT2D eigenvalue weighted by molar-refractivity contribution is -0.184. The van der Waals surface area contributed by atoms with E-state index in [1.165, 1.54) is 17.6 Å². The molecule has 7 heteroatoms. The van der Waals surface area contributed by atoms with Crippen molar-refractivity contribution < 1.29 is 24.0 Å². The Labute approximate surface area is 131 Å². The van der Waals surface area contributed by atoms with Gasteiger partial charge in [-0.2, -0.15) is 0 Å². The van der Waals surface area contributed by atoms with Crippen molar-refractivity contribution in [2.75, 3.05) is 19.3 Å². The Kier molecular flexibility index (Phi) is 8.35. The van der Waals surface area contributed by atoms with E-state index in [4.69, 9.17) is 14.6 Å². The van der Waals surface area contributed by atoms with Crippen LogP contribution in [0, 0.1) is 0 Å². The Balaban J connectivity index is 2.18. The summed E-state index contributed by atoms with van der Waals surface area (Å²) in [7, 11) is -4.02. The number of hydroxylamine groups is 2. The smallest absolute Gasteiger partial charge is 0.324 e. The molecule has 0 aliphatic heterocycles. The van der Waals surface area contributed by atoms with Crippen molar-refractivity contribution in [2.45, 2.75) is 32.6 Å². The van der Waals surface area contributed by atoms with Crippen LogP contribution < -0.4 is 0 Å². The molecule has 0 aliphatic rings. The number of aryl methyl sites for hydroxylation is 1. The standard InChI is InChI=1S/C15H24NO5P/c1-14(17)16(11-7-13-22(18,19)20)21-12-6-5-10-15-8-3-2-4-9-15/h2-4,8-9H,5-7,10-13H2,1H3,(H2,18,19,20). The fraction of sp³-hybridized carbons (Fsp3) is 0.533. The van der Waals surface area contributed by atoms with Gasteiger partial charge in [-0.15, -0.1) is 0 Å². The molecular weight excluding hydrogens is 305 g/mol. The Morgan fingerprint density at radius 2 is 1.86 bits per heavy atom. The summed E-state index contributed by atoms with van der Waals surface area (Å²) in [5.74, 6) is -0.256. The van der Waals surface area contributed by atoms with Crippen molar-refractivity contribution in [1.82, 2.24) is 5.06 Å². The highest BCUT2D eigenvalue weighted by atomic mass is 31.2. The van der Waals surface area contributed by atoms with Crippen LogP contribution in [0.1, 0.15) is 31.7 Å². The van der Waals surface area contributed by atoms with E-state index in [9.17, 15) is 9.36 Å². The molecule has 0 aliphatic carbocycles. The van der Waals surface area contributed by atoms with Crippen LogP contribution in [0.25, 0.3) is 0 Å². The SMILES string of the molecule is CC(=O)N(CCCP(=O)(O)O)OCCCCc1ccccc1. The number of nitrogens with zero attached hydrogens (tertiary/aromatic N) is 1. The molecular formula is C15H24NO5P. The van der Waals surface area contributed by atoms with Crippen LogP contribution in [-0.4, -0.2) is 40.1 Å². The predicted octanol–water partition coefficient (Wildman–Crippen LogP) is 2.36. The molecule has 0 saturated heterocycles. The zero-order valence-electron chi connectivity index (χ0n) is 12.9. The van der Waals surface area contributed by atoms with Crippen LogP contribution in [0.3, 0.4) is 0 Å². The highest BCUT2D eigenvalue weighted by Gasteiger charge is 2.15. The molecule has 0 atom stereocenters. The molecule has 0 saturated carbocycles. The minimum Gasteiger partial charge on any atom is -0.324 e. The molecule has 1 aromatic rings. The second kappa shape index (κ2) is 9.74. The van der Waals surface area contributed by atoms with Gasteiger partial charge in [0.05, 0.1) is 12.8 Å². The summed E-state index contributed by atoms with van der Waals surface area (Å²) in [5, 5.41) is 1.18. The Morgan fingerprint density at radius 3 is 2.45 bits per heavy atom. The predicted molar refractivity (Wildman–Crippen MR) is 84.2 cm³/mol. The first-order valence-electron chi connectivity index (χ1n) is 7.38. The Morgan fingerprint density at radius 1 is 1.18 bits per heavy atom. The summed E-state index contributed by atoms with van der Waals surface area (Å²) in [4.78, 5) is 34.4. The van der Waals surface area contributed by atoms with E-state index in [0.29, 0.717) is 6.61 Å². The van der Waals surface area contributed by atoms with Crippen molar-refractivity contribution >= 4 is 13.5 Å². The molecule has 0 fully saturated rings. The molecule has 0 bridgehead atoms. The van der Waals surface area contributed by atoms with Crippen LogP contribution in [-0.2, 0) is 20.6 Å². The quantitative estimate of drug-likeness (QED) is 0.391. The van der Waals surface area contributed by atoms with Crippen LogP contribution >= 0.6 is 7.60 Å². The fourth-order valence-corrected chi connectivity index (χ4v) is 2.54. The van der Waals surface area contributed by atoms with Gasteiger partial charge in [0.1, 0.15) is 0 Å². The molecule has 1 rings (SSSR count). The average Bonchev–Trinajstić information content (AvgIpc) is 2.44. The summed E-state index contributed by atoms with van der Waals surface area (Å²) in [6.45, 7) is 1.99. The Bertz CT molecular complexity index is 488. The van der Waals surface area contributed by atoms with Gasteiger partial charge in [0.15, 0.2) is 0 Å². The third-order valence-corrected chi connectivity index (χ3v) is 4.01. The molecule has 22 heavy (non-hydrogen) atoms. The summed E-state index contributed by atoms with van der Waals surface area (Å²) >= 11 is 0. The number of amides is 1. The van der Waals surface area contributed by atoms with Crippen LogP contribution in [0.2, 0.25) is 0 Å². The van der Waals surface area contributed by atoms with Crippen molar-refractivity contribution in [3.8, 4) is 0 Å². The number of hydrogen-bond donors (Lipinski definition) is 2. The summed E-state index contributed by atoms with van der Waals surface area (Å²) in [6, 6.07) is 10.1. The van der Waals surface area contributed by atoms with Gasteiger partial charge in [-0.25, -0.2) is 5.06 Å². The number of carbonyl (C=O) groups excluding carboxylic acids is 1. The molecule has 6 nitrogen and oxygen atoms in total. The summed E-state index contributed by atoms with van der Waals surface area (Å²) in [5.41, 5.74) is 1.27. The minimum atomic E-state index is -4.02. The fourth-order valence-electron chi connectivity index (χ4n) is 1.98. The average molecular weight is 329 g/mol. The summed E-state index contributed by atoms with van der Waals surface area (Å²) in [6.07, 6.45) is 2.71. The highest BCUT2D eigenvalue weighted by molar-refractivity contribution is 7.51. The van der Waals surface area contributed by atoms with E-state index in [0.717, 1.165) is 19.3 Å². The first-order chi connectivity index (χ1) is 10.4. The lowest BCUT2D eigenvalue weighted by atomic mass is 10.1. The molecule has 0 aromatic heterocycles. The van der Waals surface area contributed by atoms with E-state index >= 15 is 0 Å². The second-order valence-corrected chi connectivity index (χ2v) is 6.92. The second-order valence-electron chi connectivity index (χ2n) is 5.14. The van der Waals surface area contributed by atoms with Gasteiger partial charge in [-0.3, -0.25) is 14.2 Å². The molecule has 1 amide bonds. The summed E-state index contributed by atoms with van der Waals surface area (Å²) < 4.78 is 10.8. The van der Waals surface area contributed by atoms with E-state index < -0.39 is 7.60 Å². The molecule has 0 unspecified atom stereocenters. The van der Waals surface area contributed by atoms with E-state index in [1.54, 1.807) is 0 Å². The number of benzene rings is 1. The lowest BCUT2D eigenvalue weighted by Gasteiger charge is -2.20. The van der Waals surface area contributed by atoms with Crippen molar-refractivity contribution in [3.05, 3.63) is 35.9 Å². The first-order valence-corrected chi connectivity index (χ1v) is 9.18. The third-order valence-electron chi connectivity index (χ3n) is 3.11. The van der Waals surface area contributed by atoms with Gasteiger partial charge in [-0.1, -0.05) is 30.3 Å². The van der Waals surface area contributed by atoms with Crippen LogP contribution in [0.15, 0.2) is 30.3 Å². The lowest BCUT2D eigenvalue weighted by Crippen LogP contribution is -2.31. The topological polar surface area (TPSA) is 87.1 Å². The van der Waals surface area contributed by atoms with E-state index in [-0.39, 0.29) is 25.0 Å². The molecule has 2 N–H and O–H groups in total. The number of rotatable bonds is 10. The van der Waals surface area contributed by atoms with E-state index in [2.05, 4.69) is 12.1 Å². The maximum Gasteiger partial charge on any atom is 0.325 e. The molecule has 124 valence electrons. The minimum absolute atomic E-state index is 0.194. The molecule has 1 aromatic carbocycles. The number of carbonyl (C=O) groups is 1. The molecule has 0 radical (unpaired) electrons. The van der Waals surface area contributed by atoms with Crippen molar-refractivity contribution in [1.29, 1.82) is 0 Å². The normalized spacial score (nSPS) is 11.4. The van der Waals surface area contributed by atoms with Gasteiger partial charge in [-0.05, 0) is 31.2 Å². The van der Waals surface area contributed by atoms with Gasteiger partial charge in [0.25, 0.3) is 0 Å². The van der Waals surface area contributed by atoms with Gasteiger partial charge >= 0.3 is 7.60 Å². The van der Waals surface area contributed by atoms with Crippen LogP contribution in [0.5, 0.6) is 0 Å². The van der Waals surface area contributed by atoms with E-state index in [1.807, 2.05) is 18.2 Å². The van der Waals surface area contributed by atoms with Gasteiger partial charge < -0.3 is 9.79 Å². The van der Waals surface area contributed by atoms with Gasteiger partial charge in [0, 0.05) is 13.5 Å². The maximum absolute atomic E-state index is 11.4. The monoisotopic (exact) mass is 329 g/mol. The first kappa shape index (κ1) is 18.8. The highest BCUT2D eigenvalue weighted by Crippen LogP contribution is 2.34. The largest absolute Gasteiger partial charge is 0.325 e. The zero-order chi connectivity index (χ0) is 16.4. The van der Waals surface area contributed by atoms with Crippen molar-refractivity contribution in [2.24, 2.45) is 0 Å². The number of hydrogen-bond acceptors (Lipinski definition) is 3. The third kappa shape index (κ3) is 8.95. The number of unbranched alkanes of at least 4 members (excludes halogenated alkanes) is 1. The molecule has 0 spiro atoms. The Hall–Kier alpha value is -1.20. The van der Waals surface area contributed by atoms with Gasteiger partial charge in [0.2, 0.25) is 5.91 Å².